The first-order valence-corrected chi connectivity index (χ1v) is 4.08. The van der Waals surface area contributed by atoms with Gasteiger partial charge in [-0.05, 0) is 7.05 Å². The maximum atomic E-state index is 11.4. The van der Waals surface area contributed by atoms with Crippen molar-refractivity contribution in [2.45, 2.75) is 6.54 Å². The van der Waals surface area contributed by atoms with Crippen LogP contribution in [0, 0.1) is 0 Å². The molecular formula is C8H13N3O2. The lowest BCUT2D eigenvalue weighted by Gasteiger charge is -2.04. The minimum atomic E-state index is -0.275. The molecule has 1 aromatic heterocycles. The molecule has 0 spiro atoms. The zero-order valence-electron chi connectivity index (χ0n) is 7.78. The van der Waals surface area contributed by atoms with Crippen LogP contribution in [0.2, 0.25) is 0 Å². The predicted octanol–water partition coefficient (Wildman–Crippen LogP) is -1.23. The van der Waals surface area contributed by atoms with Gasteiger partial charge in [-0.1, -0.05) is 0 Å². The highest BCUT2D eigenvalue weighted by atomic mass is 16.2. The average Bonchev–Trinajstić information content (AvgIpc) is 2.12. The summed E-state index contributed by atoms with van der Waals surface area (Å²) in [7, 11) is 3.40. The SMILES string of the molecule is CNCCn1c(=O)ccn(C)c1=O. The van der Waals surface area contributed by atoms with Gasteiger partial charge in [-0.3, -0.25) is 9.36 Å². The van der Waals surface area contributed by atoms with Gasteiger partial charge in [0.25, 0.3) is 5.56 Å². The molecule has 0 aromatic carbocycles. The van der Waals surface area contributed by atoms with Gasteiger partial charge in [0.05, 0.1) is 0 Å². The first-order valence-electron chi connectivity index (χ1n) is 4.08. The number of likely N-dealkylation sites (N-methyl/N-ethyl adjacent to an activating group) is 1. The van der Waals surface area contributed by atoms with Crippen LogP contribution in [0.15, 0.2) is 21.9 Å². The molecule has 72 valence electrons. The Morgan fingerprint density at radius 2 is 2.15 bits per heavy atom. The van der Waals surface area contributed by atoms with Gasteiger partial charge < -0.3 is 9.88 Å². The lowest BCUT2D eigenvalue weighted by molar-refractivity contribution is 0.568. The Morgan fingerprint density at radius 3 is 2.77 bits per heavy atom. The van der Waals surface area contributed by atoms with E-state index in [1.165, 1.54) is 21.4 Å². The topological polar surface area (TPSA) is 56.0 Å². The molecule has 1 aromatic rings. The summed E-state index contributed by atoms with van der Waals surface area (Å²) in [6, 6.07) is 1.39. The number of hydrogen-bond acceptors (Lipinski definition) is 3. The van der Waals surface area contributed by atoms with Crippen molar-refractivity contribution < 1.29 is 0 Å². The average molecular weight is 183 g/mol. The van der Waals surface area contributed by atoms with Crippen molar-refractivity contribution >= 4 is 0 Å². The van der Waals surface area contributed by atoms with Crippen molar-refractivity contribution in [3.8, 4) is 0 Å². The largest absolute Gasteiger partial charge is 0.330 e. The highest BCUT2D eigenvalue weighted by molar-refractivity contribution is 4.85. The van der Waals surface area contributed by atoms with Crippen LogP contribution in [0.1, 0.15) is 0 Å². The van der Waals surface area contributed by atoms with E-state index >= 15 is 0 Å². The third-order valence-electron chi connectivity index (χ3n) is 1.82. The lowest BCUT2D eigenvalue weighted by atomic mass is 10.5. The van der Waals surface area contributed by atoms with E-state index in [1.807, 2.05) is 0 Å². The molecule has 0 atom stereocenters. The Bertz CT molecular complexity index is 391. The monoisotopic (exact) mass is 183 g/mol. The maximum absolute atomic E-state index is 11.4. The normalized spacial score (nSPS) is 10.3. The molecule has 0 bridgehead atoms. The Morgan fingerprint density at radius 1 is 1.46 bits per heavy atom. The Kier molecular flexibility index (Phi) is 3.02. The zero-order chi connectivity index (χ0) is 9.84. The van der Waals surface area contributed by atoms with E-state index in [2.05, 4.69) is 5.32 Å². The van der Waals surface area contributed by atoms with Gasteiger partial charge in [-0.2, -0.15) is 0 Å². The Labute approximate surface area is 75.6 Å². The molecule has 0 saturated heterocycles. The number of nitrogens with zero attached hydrogens (tertiary/aromatic N) is 2. The Balaban J connectivity index is 3.11. The van der Waals surface area contributed by atoms with Gasteiger partial charge in [0.15, 0.2) is 0 Å². The van der Waals surface area contributed by atoms with E-state index in [0.29, 0.717) is 13.1 Å². The zero-order valence-corrected chi connectivity index (χ0v) is 7.78. The van der Waals surface area contributed by atoms with Crippen LogP contribution in [0.3, 0.4) is 0 Å². The van der Waals surface area contributed by atoms with E-state index in [0.717, 1.165) is 0 Å². The number of aryl methyl sites for hydroxylation is 1. The fourth-order valence-corrected chi connectivity index (χ4v) is 1.04. The predicted molar refractivity (Wildman–Crippen MR) is 49.9 cm³/mol. The van der Waals surface area contributed by atoms with Gasteiger partial charge in [0, 0.05) is 32.4 Å². The molecule has 0 radical (unpaired) electrons. The molecule has 13 heavy (non-hydrogen) atoms. The molecule has 0 fully saturated rings. The highest BCUT2D eigenvalue weighted by Crippen LogP contribution is 1.72. The summed E-state index contributed by atoms with van der Waals surface area (Å²) in [4.78, 5) is 22.6. The van der Waals surface area contributed by atoms with E-state index in [-0.39, 0.29) is 11.2 Å². The molecule has 0 aliphatic carbocycles. The highest BCUT2D eigenvalue weighted by Gasteiger charge is 2.00. The first-order chi connectivity index (χ1) is 6.16. The molecule has 1 heterocycles. The molecule has 0 aliphatic heterocycles. The second-order valence-corrected chi connectivity index (χ2v) is 2.80. The van der Waals surface area contributed by atoms with E-state index < -0.39 is 0 Å². The fraction of sp³-hybridized carbons (Fsp3) is 0.500. The van der Waals surface area contributed by atoms with E-state index in [1.54, 1.807) is 14.1 Å². The van der Waals surface area contributed by atoms with Crippen LogP contribution < -0.4 is 16.6 Å². The van der Waals surface area contributed by atoms with Crippen LogP contribution in [-0.4, -0.2) is 22.7 Å². The van der Waals surface area contributed by atoms with Crippen LogP contribution >= 0.6 is 0 Å². The molecular weight excluding hydrogens is 170 g/mol. The molecule has 5 heteroatoms. The van der Waals surface area contributed by atoms with Crippen LogP contribution in [0.4, 0.5) is 0 Å². The van der Waals surface area contributed by atoms with Crippen molar-refractivity contribution in [1.82, 2.24) is 14.5 Å². The lowest BCUT2D eigenvalue weighted by Crippen LogP contribution is -2.39. The number of aromatic nitrogens is 2. The van der Waals surface area contributed by atoms with Crippen molar-refractivity contribution in [3.63, 3.8) is 0 Å². The second-order valence-electron chi connectivity index (χ2n) is 2.80. The number of rotatable bonds is 3. The van der Waals surface area contributed by atoms with Crippen molar-refractivity contribution in [1.29, 1.82) is 0 Å². The summed E-state index contributed by atoms with van der Waals surface area (Å²) in [6.45, 7) is 1.02. The minimum absolute atomic E-state index is 0.252. The quantitative estimate of drug-likeness (QED) is 0.638. The number of hydrogen-bond donors (Lipinski definition) is 1. The maximum Gasteiger partial charge on any atom is 0.330 e. The van der Waals surface area contributed by atoms with Crippen molar-refractivity contribution in [2.75, 3.05) is 13.6 Å². The summed E-state index contributed by atoms with van der Waals surface area (Å²) in [5.74, 6) is 0. The van der Waals surface area contributed by atoms with Crippen molar-refractivity contribution in [2.24, 2.45) is 7.05 Å². The molecule has 5 nitrogen and oxygen atoms in total. The van der Waals surface area contributed by atoms with Gasteiger partial charge in [0.1, 0.15) is 0 Å². The fourth-order valence-electron chi connectivity index (χ4n) is 1.04. The van der Waals surface area contributed by atoms with Gasteiger partial charge >= 0.3 is 5.69 Å². The second kappa shape index (κ2) is 4.04. The van der Waals surface area contributed by atoms with Crippen LogP contribution in [0.25, 0.3) is 0 Å². The Hall–Kier alpha value is -1.36. The summed E-state index contributed by atoms with van der Waals surface area (Å²) >= 11 is 0. The molecule has 0 unspecified atom stereocenters. The number of nitrogens with one attached hydrogen (secondary N) is 1. The summed E-state index contributed by atoms with van der Waals surface area (Å²) in [5.41, 5.74) is -0.527. The third kappa shape index (κ3) is 2.06. The minimum Gasteiger partial charge on any atom is -0.318 e. The van der Waals surface area contributed by atoms with Gasteiger partial charge in [0.2, 0.25) is 0 Å². The summed E-state index contributed by atoms with van der Waals surface area (Å²) in [5, 5.41) is 2.88. The summed E-state index contributed by atoms with van der Waals surface area (Å²) in [6.07, 6.45) is 1.47. The molecule has 0 amide bonds. The molecule has 0 saturated carbocycles. The smallest absolute Gasteiger partial charge is 0.318 e. The van der Waals surface area contributed by atoms with Gasteiger partial charge in [-0.25, -0.2) is 4.79 Å². The van der Waals surface area contributed by atoms with Crippen LogP contribution in [-0.2, 0) is 13.6 Å². The van der Waals surface area contributed by atoms with Crippen molar-refractivity contribution in [3.05, 3.63) is 33.1 Å². The van der Waals surface area contributed by atoms with E-state index in [4.69, 9.17) is 0 Å². The first kappa shape index (κ1) is 9.73. The van der Waals surface area contributed by atoms with E-state index in [9.17, 15) is 9.59 Å². The summed E-state index contributed by atoms with van der Waals surface area (Å²) < 4.78 is 2.59. The standard InChI is InChI=1S/C8H13N3O2/c1-9-4-6-11-7(12)3-5-10(2)8(11)13/h3,5,9H,4,6H2,1-2H3. The third-order valence-corrected chi connectivity index (χ3v) is 1.82. The van der Waals surface area contributed by atoms with Gasteiger partial charge in [-0.15, -0.1) is 0 Å². The molecule has 1 rings (SSSR count). The molecule has 1 N–H and O–H groups in total. The van der Waals surface area contributed by atoms with Crippen LogP contribution in [0.5, 0.6) is 0 Å². The molecule has 0 aliphatic rings.